The number of hydrogen-bond acceptors (Lipinski definition) is 13. The van der Waals surface area contributed by atoms with E-state index in [9.17, 15) is 43.2 Å². The van der Waals surface area contributed by atoms with Crippen molar-refractivity contribution in [2.75, 3.05) is 42.6 Å². The second kappa shape index (κ2) is 31.7. The van der Waals surface area contributed by atoms with Crippen LogP contribution in [-0.2, 0) is 73.3 Å². The van der Waals surface area contributed by atoms with E-state index < -0.39 is 76.0 Å². The molecule has 14 N–H and O–H groups in total. The Balaban J connectivity index is 0.778. The molecule has 93 heavy (non-hydrogen) atoms. The Morgan fingerprint density at radius 3 is 1.92 bits per heavy atom. The average molecular weight is 1280 g/mol. The smallest absolute Gasteiger partial charge is 0.407 e. The Hall–Kier alpha value is -8.03. The topological polar surface area (TPSA) is 346 Å². The Labute approximate surface area is 547 Å². The number of carbonyl (C=O) groups is 9. The number of urea groups is 1. The van der Waals surface area contributed by atoms with Crippen LogP contribution < -0.4 is 59.7 Å². The summed E-state index contributed by atoms with van der Waals surface area (Å²) in [5.74, 6) is 2.93. The maximum absolute atomic E-state index is 14.7. The van der Waals surface area contributed by atoms with Gasteiger partial charge in [0.25, 0.3) is 0 Å². The number of fused-ring (bicyclic) bond motifs is 6. The van der Waals surface area contributed by atoms with Crippen LogP contribution in [0.3, 0.4) is 0 Å². The van der Waals surface area contributed by atoms with Crippen molar-refractivity contribution in [2.45, 2.75) is 212 Å². The number of nitrogen functional groups attached to an aromatic ring is 1. The Bertz CT molecular complexity index is 3290. The molecule has 0 heterocycles. The number of carbonyl (C=O) groups excluding carboxylic acids is 9. The van der Waals surface area contributed by atoms with Gasteiger partial charge in [0.2, 0.25) is 41.4 Å². The number of benzene rings is 3. The highest BCUT2D eigenvalue weighted by Crippen LogP contribution is 2.60. The largest absolute Gasteiger partial charge is 0.445 e. The fourth-order valence-electron chi connectivity index (χ4n) is 15.4. The summed E-state index contributed by atoms with van der Waals surface area (Å²) in [6, 6.07) is 14.7. The highest BCUT2D eigenvalue weighted by molar-refractivity contribution is 6.01. The highest BCUT2D eigenvalue weighted by Gasteiger charge is 2.58. The number of aryl methyl sites for hydroxylation is 2. The van der Waals surface area contributed by atoms with Crippen LogP contribution in [0.25, 0.3) is 0 Å². The monoisotopic (exact) mass is 1280 g/mol. The van der Waals surface area contributed by atoms with Crippen LogP contribution in [-0.4, -0.2) is 104 Å². The predicted molar refractivity (Wildman–Crippen MR) is 356 cm³/mol. The normalized spacial score (nSPS) is 24.6. The molecule has 0 aromatic heterocycles. The zero-order valence-electron chi connectivity index (χ0n) is 55.2. The summed E-state index contributed by atoms with van der Waals surface area (Å²) in [6.07, 6.45) is 13.6. The molecule has 0 aliphatic heterocycles. The van der Waals surface area contributed by atoms with Gasteiger partial charge in [-0.25, -0.2) is 9.59 Å². The highest BCUT2D eigenvalue weighted by atomic mass is 16.5. The second-order valence-corrected chi connectivity index (χ2v) is 27.7. The zero-order chi connectivity index (χ0) is 67.1. The lowest BCUT2D eigenvalue weighted by atomic mass is 9.49. The van der Waals surface area contributed by atoms with E-state index in [1.165, 1.54) is 11.1 Å². The van der Waals surface area contributed by atoms with Gasteiger partial charge >= 0.3 is 12.1 Å². The third-order valence-electron chi connectivity index (χ3n) is 20.7. The minimum atomic E-state index is -1.10. The first-order chi connectivity index (χ1) is 44.3. The van der Waals surface area contributed by atoms with Gasteiger partial charge in [-0.3, -0.25) is 38.9 Å². The van der Waals surface area contributed by atoms with Crippen molar-refractivity contribution in [1.29, 1.82) is 0 Å². The molecule has 10 atom stereocenters. The third kappa shape index (κ3) is 17.8. The number of amides is 10. The summed E-state index contributed by atoms with van der Waals surface area (Å²) in [5.41, 5.74) is 22.6. The van der Waals surface area contributed by atoms with Crippen LogP contribution in [0.5, 0.6) is 0 Å². The first kappa shape index (κ1) is 70.8. The Kier molecular flexibility index (Phi) is 24.2. The molecule has 2 fully saturated rings. The summed E-state index contributed by atoms with van der Waals surface area (Å²) in [7, 11) is 0. The lowest BCUT2D eigenvalue weighted by Crippen LogP contribution is -2.60. The van der Waals surface area contributed by atoms with Crippen molar-refractivity contribution < 1.29 is 52.6 Å². The maximum Gasteiger partial charge on any atom is 0.407 e. The van der Waals surface area contributed by atoms with E-state index in [0.717, 1.165) is 100 Å². The number of imide groups is 1. The zero-order valence-corrected chi connectivity index (χ0v) is 55.2. The molecule has 3 aromatic carbocycles. The van der Waals surface area contributed by atoms with Gasteiger partial charge in [-0.15, -0.1) is 5.92 Å². The van der Waals surface area contributed by atoms with Gasteiger partial charge in [0.1, 0.15) is 37.9 Å². The first-order valence-corrected chi connectivity index (χ1v) is 33.6. The summed E-state index contributed by atoms with van der Waals surface area (Å²) in [4.78, 5) is 120. The molecule has 0 radical (unpaired) electrons. The van der Waals surface area contributed by atoms with Gasteiger partial charge in [0, 0.05) is 36.6 Å². The number of anilines is 3. The molecule has 1 unspecified atom stereocenters. The van der Waals surface area contributed by atoms with Crippen LogP contribution in [0.1, 0.15) is 185 Å². The Morgan fingerprint density at radius 1 is 0.634 bits per heavy atom. The molecule has 22 nitrogen and oxygen atoms in total. The molecule has 22 heteroatoms. The van der Waals surface area contributed by atoms with Gasteiger partial charge in [0.15, 0.2) is 0 Å². The van der Waals surface area contributed by atoms with Gasteiger partial charge in [-0.1, -0.05) is 91.0 Å². The quantitative estimate of drug-likeness (QED) is 0.0161. The lowest BCUT2D eigenvalue weighted by molar-refractivity contribution is -0.150. The molecule has 0 bridgehead atoms. The minimum Gasteiger partial charge on any atom is -0.445 e. The van der Waals surface area contributed by atoms with Gasteiger partial charge in [-0.05, 0) is 196 Å². The van der Waals surface area contributed by atoms with Crippen molar-refractivity contribution in [2.24, 2.45) is 40.1 Å². The molecule has 5 aliphatic carbocycles. The fourth-order valence-corrected chi connectivity index (χ4v) is 15.4. The van der Waals surface area contributed by atoms with Crippen LogP contribution in [0.15, 0.2) is 60.7 Å². The summed E-state index contributed by atoms with van der Waals surface area (Å²) in [6.45, 7) is 11.9. The fraction of sp³-hybridized carbons (Fsp3) is 0.592. The van der Waals surface area contributed by atoms with E-state index in [2.05, 4.69) is 87.3 Å². The van der Waals surface area contributed by atoms with E-state index >= 15 is 0 Å². The molecule has 504 valence electrons. The van der Waals surface area contributed by atoms with Crippen molar-refractivity contribution in [3.8, 4) is 11.8 Å². The number of unbranched alkanes of at least 4 members (excludes halogenated alkanes) is 1. The van der Waals surface area contributed by atoms with Crippen LogP contribution in [0.4, 0.5) is 26.7 Å². The summed E-state index contributed by atoms with van der Waals surface area (Å²) >= 11 is 0. The Morgan fingerprint density at radius 2 is 1.27 bits per heavy atom. The van der Waals surface area contributed by atoms with E-state index in [1.54, 1.807) is 38.1 Å². The van der Waals surface area contributed by atoms with Gasteiger partial charge in [-0.2, -0.15) is 0 Å². The van der Waals surface area contributed by atoms with Crippen LogP contribution in [0, 0.1) is 40.4 Å². The lowest BCUT2D eigenvalue weighted by Gasteiger charge is -2.56. The number of nitrogens with one attached hydrogen (secondary N) is 8. The number of nitrogens with two attached hydrogens (primary N) is 3. The van der Waals surface area contributed by atoms with Crippen molar-refractivity contribution in [1.82, 2.24) is 31.9 Å². The molecule has 5 aliphatic rings. The molecule has 10 amide bonds. The van der Waals surface area contributed by atoms with Crippen molar-refractivity contribution >= 4 is 70.5 Å². The van der Waals surface area contributed by atoms with Crippen molar-refractivity contribution in [3.63, 3.8) is 0 Å². The number of alkyl carbamates (subject to hydrolysis) is 1. The standard InChI is InChI=1S/C71H99N11O11/c1-44(2)60(81-61(85)54(73)19-12-13-37-75-59(84)43-92-51-17-10-8-7-9-11-18-51)63(87)80-55(20-14-38-76-66(74)90)62(86)79-49-28-21-45(22-29-49)42-93-67(91)77-41-58(83)78-50-30-24-47-26-32-57-69(4,53(47)40-50)34-16-36-71(57,6)65(89)82-64(88)70(5)35-15-33-68(3)52-39-48(72)27-23-46(52)25-31-56(68)70/h21-24,27-30,39-40,44,51,54-57,60H,7-10,12-17,19-20,25-26,31-38,41-43,72-73H2,1-6H3,(H,75,84)(H,77,91)(H,78,83)(H,79,86)(H,80,87)(H,81,85)(H3,74,76,90)(H,82,88,89)/t51?,54-,55+,56-,57-,60+,68-,69-,70+,71+/m1/s1. The third-order valence-corrected chi connectivity index (χ3v) is 20.7. The summed E-state index contributed by atoms with van der Waals surface area (Å²) < 4.78 is 11.1. The maximum atomic E-state index is 14.7. The number of hydrogen-bond donors (Lipinski definition) is 11. The number of primary amides is 1. The number of ether oxygens (including phenoxy) is 2. The van der Waals surface area contributed by atoms with E-state index in [4.69, 9.17) is 26.7 Å². The summed E-state index contributed by atoms with van der Waals surface area (Å²) in [5, 5.41) is 22.1. The van der Waals surface area contributed by atoms with Gasteiger partial charge < -0.3 is 63.9 Å². The van der Waals surface area contributed by atoms with Crippen LogP contribution >= 0.6 is 0 Å². The molecule has 0 spiro atoms. The van der Waals surface area contributed by atoms with Crippen molar-refractivity contribution in [3.05, 3.63) is 88.5 Å². The number of rotatable bonds is 26. The van der Waals surface area contributed by atoms with E-state index in [1.807, 2.05) is 31.2 Å². The molecule has 0 saturated heterocycles. The SMILES string of the molecule is CC(C)[C@H](NC(=O)[C@H](N)CCCCNC(=O)COC1C#CCCCCC1)C(=O)N[C@@H](CCCNC(N)=O)C(=O)Nc1ccc(COC(=O)NCC(=O)Nc2ccc3c(c2)[C@@]2(C)CCC[C@](C)(C(=O)NC(=O)[C@@]4(C)CCC[C@]5(C)c6cc(N)ccc6CC[C@@H]45)[C@@H]2CC3)cc1. The predicted octanol–water partition coefficient (Wildman–Crippen LogP) is 7.48. The molecule has 2 saturated carbocycles. The van der Waals surface area contributed by atoms with E-state index in [-0.39, 0.29) is 80.2 Å². The van der Waals surface area contributed by atoms with E-state index in [0.29, 0.717) is 55.6 Å². The molecule has 8 rings (SSSR count). The first-order valence-electron chi connectivity index (χ1n) is 33.6. The second-order valence-electron chi connectivity index (χ2n) is 27.7. The molecule has 3 aromatic rings. The van der Waals surface area contributed by atoms with Gasteiger partial charge in [0.05, 0.1) is 16.9 Å². The minimum absolute atomic E-state index is 0.0592. The van der Waals surface area contributed by atoms with Crippen LogP contribution in [0.2, 0.25) is 0 Å². The molecular formula is C71H99N11O11. The average Bonchev–Trinajstić information content (AvgIpc) is 0.729. The molecular weight excluding hydrogens is 1180 g/mol.